The van der Waals surface area contributed by atoms with Crippen LogP contribution in [0.5, 0.6) is 0 Å². The third-order valence-electron chi connectivity index (χ3n) is 4.68. The topological polar surface area (TPSA) is 105 Å². The molecule has 8 nitrogen and oxygen atoms in total. The minimum atomic E-state index is -0.386. The molecule has 0 fully saturated rings. The number of methoxy groups -OCH3 is 1. The molecule has 3 heterocycles. The van der Waals surface area contributed by atoms with E-state index < -0.39 is 0 Å². The number of hydrogen-bond donors (Lipinski definition) is 1. The van der Waals surface area contributed by atoms with Gasteiger partial charge in [-0.3, -0.25) is 4.79 Å². The largest absolute Gasteiger partial charge is 0.469 e. The minimum absolute atomic E-state index is 0.121. The van der Waals surface area contributed by atoms with E-state index in [1.165, 1.54) is 11.8 Å². The van der Waals surface area contributed by atoms with Gasteiger partial charge < -0.3 is 24.1 Å². The lowest BCUT2D eigenvalue weighted by molar-refractivity contribution is -0.121. The first-order chi connectivity index (χ1) is 13.6. The van der Waals surface area contributed by atoms with Crippen molar-refractivity contribution in [3.8, 4) is 6.07 Å². The van der Waals surface area contributed by atoms with Crippen LogP contribution in [-0.2, 0) is 20.7 Å². The maximum atomic E-state index is 12.3. The lowest BCUT2D eigenvalue weighted by Gasteiger charge is -2.27. The van der Waals surface area contributed by atoms with E-state index in [1.807, 2.05) is 6.07 Å². The predicted octanol–water partition coefficient (Wildman–Crippen LogP) is 2.28. The third kappa shape index (κ3) is 4.88. The first-order valence-electron chi connectivity index (χ1n) is 9.13. The van der Waals surface area contributed by atoms with Gasteiger partial charge in [0.25, 0.3) is 0 Å². The van der Waals surface area contributed by atoms with Crippen LogP contribution in [-0.4, -0.2) is 55.7 Å². The summed E-state index contributed by atoms with van der Waals surface area (Å²) in [5, 5.41) is 12.2. The quantitative estimate of drug-likeness (QED) is 0.694. The molecule has 0 spiro atoms. The number of furan rings is 1. The number of nitriles is 1. The third-order valence-corrected chi connectivity index (χ3v) is 6.00. The van der Waals surface area contributed by atoms with E-state index in [0.717, 1.165) is 16.2 Å². The van der Waals surface area contributed by atoms with Crippen LogP contribution in [0.25, 0.3) is 0 Å². The van der Waals surface area contributed by atoms with Crippen molar-refractivity contribution in [3.05, 3.63) is 34.6 Å². The maximum absolute atomic E-state index is 12.3. The van der Waals surface area contributed by atoms with Crippen molar-refractivity contribution < 1.29 is 23.5 Å². The number of amides is 2. The van der Waals surface area contributed by atoms with Crippen molar-refractivity contribution in [1.82, 2.24) is 10.2 Å². The number of carbonyl (C=O) groups excluding carboxylic acids is 2. The first kappa shape index (κ1) is 20.3. The van der Waals surface area contributed by atoms with Gasteiger partial charge in [0.2, 0.25) is 5.91 Å². The van der Waals surface area contributed by atoms with Gasteiger partial charge in [-0.25, -0.2) is 4.79 Å². The van der Waals surface area contributed by atoms with Crippen LogP contribution < -0.4 is 5.32 Å². The molecule has 2 amide bonds. The van der Waals surface area contributed by atoms with Gasteiger partial charge in [0.15, 0.2) is 0 Å². The van der Waals surface area contributed by atoms with E-state index in [9.17, 15) is 14.9 Å². The molecule has 0 aliphatic carbocycles. The second kappa shape index (κ2) is 9.66. The molecular formula is C19H23N3O5S. The number of carbonyl (C=O) groups is 2. The second-order valence-corrected chi connectivity index (χ2v) is 7.76. The normalized spacial score (nSPS) is 21.2. The number of hydrogen-bond acceptors (Lipinski definition) is 7. The van der Waals surface area contributed by atoms with Crippen molar-refractivity contribution in [1.29, 1.82) is 5.26 Å². The molecule has 1 N–H and O–H groups in total. The van der Waals surface area contributed by atoms with Crippen LogP contribution in [0.1, 0.15) is 18.6 Å². The fourth-order valence-electron chi connectivity index (χ4n) is 3.23. The minimum Gasteiger partial charge on any atom is -0.469 e. The number of nitrogens with zero attached hydrogens (tertiary/aromatic N) is 2. The molecule has 0 saturated heterocycles. The Morgan fingerprint density at radius 3 is 3.04 bits per heavy atom. The Morgan fingerprint density at radius 1 is 1.46 bits per heavy atom. The number of nitrogens with one attached hydrogen (secondary N) is 1. The Labute approximate surface area is 167 Å². The molecule has 2 atom stereocenters. The highest BCUT2D eigenvalue weighted by Crippen LogP contribution is 2.44. The fourth-order valence-corrected chi connectivity index (χ4v) is 4.70. The van der Waals surface area contributed by atoms with Crippen LogP contribution in [0.15, 0.2) is 33.3 Å². The summed E-state index contributed by atoms with van der Waals surface area (Å²) in [6.45, 7) is 1.47. The van der Waals surface area contributed by atoms with E-state index in [-0.39, 0.29) is 29.9 Å². The Balaban J connectivity index is 1.53. The molecule has 1 aromatic rings. The van der Waals surface area contributed by atoms with Gasteiger partial charge >= 0.3 is 6.09 Å². The van der Waals surface area contributed by atoms with Crippen molar-refractivity contribution in [3.63, 3.8) is 0 Å². The molecule has 0 radical (unpaired) electrons. The molecule has 0 saturated carbocycles. The van der Waals surface area contributed by atoms with Gasteiger partial charge in [-0.05, 0) is 24.1 Å². The number of thioether (sulfide) groups is 1. The van der Waals surface area contributed by atoms with Gasteiger partial charge in [0, 0.05) is 31.4 Å². The smallest absolute Gasteiger partial charge is 0.410 e. The predicted molar refractivity (Wildman–Crippen MR) is 102 cm³/mol. The molecule has 0 aromatic carbocycles. The molecule has 28 heavy (non-hydrogen) atoms. The van der Waals surface area contributed by atoms with Crippen molar-refractivity contribution in [2.45, 2.75) is 24.6 Å². The van der Waals surface area contributed by atoms with Gasteiger partial charge in [0.05, 0.1) is 36.8 Å². The summed E-state index contributed by atoms with van der Waals surface area (Å²) in [6.07, 6.45) is 2.62. The summed E-state index contributed by atoms with van der Waals surface area (Å²) in [7, 11) is 1.55. The monoisotopic (exact) mass is 405 g/mol. The highest BCUT2D eigenvalue weighted by Gasteiger charge is 2.40. The SMILES string of the molecule is COCCOC(=O)N1CCC2=C(C1)SC(NC(=O)CCc1ccco1)C2C#N. The molecule has 150 valence electrons. The average Bonchev–Trinajstić information content (AvgIpc) is 3.33. The van der Waals surface area contributed by atoms with Crippen LogP contribution >= 0.6 is 11.8 Å². The lowest BCUT2D eigenvalue weighted by Crippen LogP contribution is -2.38. The average molecular weight is 405 g/mol. The van der Waals surface area contributed by atoms with Crippen molar-refractivity contribution in [2.24, 2.45) is 5.92 Å². The van der Waals surface area contributed by atoms with Gasteiger partial charge in [-0.2, -0.15) is 5.26 Å². The molecule has 2 aliphatic heterocycles. The molecular weight excluding hydrogens is 382 g/mol. The molecule has 3 rings (SSSR count). The van der Waals surface area contributed by atoms with Crippen LogP contribution in [0, 0.1) is 17.2 Å². The number of aryl methyl sites for hydroxylation is 1. The highest BCUT2D eigenvalue weighted by atomic mass is 32.2. The number of ether oxygens (including phenoxy) is 2. The summed E-state index contributed by atoms with van der Waals surface area (Å²) in [6, 6.07) is 5.93. The van der Waals surface area contributed by atoms with Gasteiger partial charge in [0.1, 0.15) is 12.4 Å². The van der Waals surface area contributed by atoms with E-state index in [1.54, 1.807) is 24.3 Å². The van der Waals surface area contributed by atoms with Gasteiger partial charge in [-0.1, -0.05) is 0 Å². The summed E-state index contributed by atoms with van der Waals surface area (Å²) < 4.78 is 15.3. The summed E-state index contributed by atoms with van der Waals surface area (Å²) >= 11 is 1.46. The number of rotatable bonds is 7. The summed E-state index contributed by atoms with van der Waals surface area (Å²) in [5.41, 5.74) is 1.02. The second-order valence-electron chi connectivity index (χ2n) is 6.52. The van der Waals surface area contributed by atoms with Crippen molar-refractivity contribution >= 4 is 23.8 Å². The molecule has 9 heteroatoms. The zero-order valence-electron chi connectivity index (χ0n) is 15.7. The Bertz CT molecular complexity index is 771. The summed E-state index contributed by atoms with van der Waals surface area (Å²) in [5.74, 6) is 0.259. The van der Waals surface area contributed by atoms with E-state index >= 15 is 0 Å². The first-order valence-corrected chi connectivity index (χ1v) is 10.0. The van der Waals surface area contributed by atoms with E-state index in [0.29, 0.717) is 39.0 Å². The maximum Gasteiger partial charge on any atom is 0.410 e. The summed E-state index contributed by atoms with van der Waals surface area (Å²) in [4.78, 5) is 27.0. The van der Waals surface area contributed by atoms with Crippen LogP contribution in [0.4, 0.5) is 4.79 Å². The van der Waals surface area contributed by atoms with E-state index in [2.05, 4.69) is 11.4 Å². The van der Waals surface area contributed by atoms with Crippen LogP contribution in [0.2, 0.25) is 0 Å². The Kier molecular flexibility index (Phi) is 7.01. The fraction of sp³-hybridized carbons (Fsp3) is 0.526. The highest BCUT2D eigenvalue weighted by molar-refractivity contribution is 8.04. The molecule has 2 aliphatic rings. The van der Waals surface area contributed by atoms with Gasteiger partial charge in [-0.15, -0.1) is 11.8 Å². The van der Waals surface area contributed by atoms with Crippen molar-refractivity contribution in [2.75, 3.05) is 33.4 Å². The molecule has 1 aromatic heterocycles. The van der Waals surface area contributed by atoms with Crippen LogP contribution in [0.3, 0.4) is 0 Å². The Hall–Kier alpha value is -2.44. The Morgan fingerprint density at radius 2 is 2.32 bits per heavy atom. The standard InChI is InChI=1S/C19H23N3O5S/c1-25-9-10-27-19(24)22-7-6-14-15(11-20)18(28-16(14)12-22)21-17(23)5-4-13-3-2-8-26-13/h2-3,8,15,18H,4-7,9-10,12H2,1H3,(H,21,23). The lowest BCUT2D eigenvalue weighted by atomic mass is 9.94. The molecule has 2 unspecified atom stereocenters. The molecule has 0 bridgehead atoms. The van der Waals surface area contributed by atoms with E-state index in [4.69, 9.17) is 13.9 Å². The zero-order valence-corrected chi connectivity index (χ0v) is 16.5. The zero-order chi connectivity index (χ0) is 19.9.